The molecular weight excluding hydrogens is 390 g/mol. The number of carbonyl (C=O) groups excluding carboxylic acids is 2. The van der Waals surface area contributed by atoms with Gasteiger partial charge in [0.2, 0.25) is 5.91 Å². The van der Waals surface area contributed by atoms with Gasteiger partial charge in [0.05, 0.1) is 6.10 Å². The largest absolute Gasteiger partial charge is 0.392 e. The number of aliphatic hydroxyl groups is 1. The maximum atomic E-state index is 12.8. The fourth-order valence-electron chi connectivity index (χ4n) is 5.93. The molecule has 2 fully saturated rings. The lowest BCUT2D eigenvalue weighted by molar-refractivity contribution is -0.143. The molecule has 0 saturated heterocycles. The number of aromatic nitrogens is 1. The number of carbonyl (C=O) groups is 2. The zero-order valence-electron chi connectivity index (χ0n) is 19.8. The Kier molecular flexibility index (Phi) is 6.80. The molecule has 2 aliphatic carbocycles. The van der Waals surface area contributed by atoms with Gasteiger partial charge in [-0.05, 0) is 81.8 Å². The number of nitrogens with one attached hydrogen (secondary N) is 2. The number of fused-ring (bicyclic) bond motifs is 1. The van der Waals surface area contributed by atoms with Crippen LogP contribution in [0.1, 0.15) is 77.6 Å². The van der Waals surface area contributed by atoms with Crippen LogP contribution in [0, 0.1) is 29.1 Å². The molecule has 1 aromatic heterocycles. The van der Waals surface area contributed by atoms with E-state index < -0.39 is 6.10 Å². The summed E-state index contributed by atoms with van der Waals surface area (Å²) in [6.07, 6.45) is 6.41. The molecule has 172 valence electrons. The van der Waals surface area contributed by atoms with E-state index in [1.54, 1.807) is 24.5 Å². The third-order valence-electron chi connectivity index (χ3n) is 7.70. The van der Waals surface area contributed by atoms with Crippen LogP contribution >= 0.6 is 0 Å². The third kappa shape index (κ3) is 5.11. The highest BCUT2D eigenvalue weighted by atomic mass is 16.3. The van der Waals surface area contributed by atoms with Gasteiger partial charge in [0.15, 0.2) is 0 Å². The summed E-state index contributed by atoms with van der Waals surface area (Å²) in [7, 11) is 0. The summed E-state index contributed by atoms with van der Waals surface area (Å²) >= 11 is 0. The van der Waals surface area contributed by atoms with Crippen molar-refractivity contribution < 1.29 is 14.7 Å². The lowest BCUT2D eigenvalue weighted by Crippen LogP contribution is -2.59. The Bertz CT molecular complexity index is 791. The molecule has 2 amide bonds. The molecule has 0 bridgehead atoms. The highest BCUT2D eigenvalue weighted by Crippen LogP contribution is 2.55. The van der Waals surface area contributed by atoms with Crippen molar-refractivity contribution >= 4 is 11.8 Å². The number of nitrogens with zero attached hydrogens (tertiary/aromatic N) is 1. The summed E-state index contributed by atoms with van der Waals surface area (Å²) in [5.74, 6) is -0.239. The summed E-state index contributed by atoms with van der Waals surface area (Å²) in [5.41, 5.74) is 0.345. The molecule has 1 heterocycles. The van der Waals surface area contributed by atoms with E-state index in [9.17, 15) is 14.7 Å². The monoisotopic (exact) mass is 429 g/mol. The molecule has 2 aliphatic rings. The summed E-state index contributed by atoms with van der Waals surface area (Å²) in [5, 5.41) is 17.8. The first-order valence-electron chi connectivity index (χ1n) is 11.6. The van der Waals surface area contributed by atoms with E-state index in [1.807, 2.05) is 27.7 Å². The molecule has 3 N–H and O–H groups in total. The van der Waals surface area contributed by atoms with Crippen molar-refractivity contribution in [3.8, 4) is 0 Å². The van der Waals surface area contributed by atoms with Gasteiger partial charge in [-0.25, -0.2) is 0 Å². The zero-order valence-corrected chi connectivity index (χ0v) is 19.8. The third-order valence-corrected chi connectivity index (χ3v) is 7.70. The summed E-state index contributed by atoms with van der Waals surface area (Å²) in [6.45, 7) is 12.3. The van der Waals surface area contributed by atoms with Crippen molar-refractivity contribution in [1.29, 1.82) is 0 Å². The molecule has 0 aliphatic heterocycles. The number of rotatable bonds is 4. The Hall–Kier alpha value is -1.95. The van der Waals surface area contributed by atoms with E-state index in [2.05, 4.69) is 29.5 Å². The lowest BCUT2D eigenvalue weighted by Gasteiger charge is -2.56. The molecule has 6 nitrogen and oxygen atoms in total. The second-order valence-corrected chi connectivity index (χ2v) is 11.1. The molecule has 1 unspecified atom stereocenters. The van der Waals surface area contributed by atoms with Crippen LogP contribution < -0.4 is 10.6 Å². The molecule has 7 atom stereocenters. The second-order valence-electron chi connectivity index (χ2n) is 11.1. The summed E-state index contributed by atoms with van der Waals surface area (Å²) < 4.78 is 0. The Balaban J connectivity index is 1.74. The molecule has 0 aromatic carbocycles. The van der Waals surface area contributed by atoms with E-state index in [-0.39, 0.29) is 52.5 Å². The summed E-state index contributed by atoms with van der Waals surface area (Å²) in [4.78, 5) is 29.5. The smallest absolute Gasteiger partial charge is 0.251 e. The van der Waals surface area contributed by atoms with E-state index in [0.29, 0.717) is 5.56 Å². The van der Waals surface area contributed by atoms with Crippen molar-refractivity contribution in [3.05, 3.63) is 30.1 Å². The minimum atomic E-state index is -0.560. The van der Waals surface area contributed by atoms with Crippen LogP contribution in [0.25, 0.3) is 0 Å². The number of aliphatic hydroxyl groups excluding tert-OH is 1. The highest BCUT2D eigenvalue weighted by molar-refractivity contribution is 5.94. The predicted octanol–water partition coefficient (Wildman–Crippen LogP) is 3.55. The fourth-order valence-corrected chi connectivity index (χ4v) is 5.93. The van der Waals surface area contributed by atoms with E-state index in [4.69, 9.17) is 0 Å². The molecule has 3 rings (SSSR count). The standard InChI is InChI=1S/C25H39N3O3/c1-15(22(30)28-24(3,4)5)18-7-11-25(6)12-8-19(16(2)20(25)21(18)29)27-23(31)17-9-13-26-14-10-17/h9-10,13-16,18-21,29H,7-8,11-12H2,1-6H3,(H,27,31)(H,28,30)/t15-,16+,18?,19-,20+,21-,25-/m0/s1. The second kappa shape index (κ2) is 8.89. The summed E-state index contributed by atoms with van der Waals surface area (Å²) in [6, 6.07) is 3.44. The molecule has 0 spiro atoms. The normalized spacial score (nSPS) is 34.4. The number of amides is 2. The van der Waals surface area contributed by atoms with Crippen LogP contribution in [-0.4, -0.2) is 39.6 Å². The SMILES string of the molecule is C[C@H]1[C@@H]2[C@@H](O)C([C@H](C)C(=O)NC(C)(C)C)CC[C@@]2(C)CC[C@@H]1NC(=O)c1ccncc1. The Morgan fingerprint density at radius 1 is 1.19 bits per heavy atom. The highest BCUT2D eigenvalue weighted by Gasteiger charge is 2.54. The fraction of sp³-hybridized carbons (Fsp3) is 0.720. The number of pyridine rings is 1. The Labute approximate surface area is 186 Å². The van der Waals surface area contributed by atoms with Crippen molar-refractivity contribution in [1.82, 2.24) is 15.6 Å². The van der Waals surface area contributed by atoms with Gasteiger partial charge < -0.3 is 15.7 Å². The lowest BCUT2D eigenvalue weighted by atomic mass is 9.51. The topological polar surface area (TPSA) is 91.3 Å². The molecule has 0 radical (unpaired) electrons. The molecule has 31 heavy (non-hydrogen) atoms. The van der Waals surface area contributed by atoms with Gasteiger partial charge >= 0.3 is 0 Å². The molecule has 2 saturated carbocycles. The van der Waals surface area contributed by atoms with E-state index in [1.165, 1.54) is 0 Å². The first-order valence-corrected chi connectivity index (χ1v) is 11.6. The first kappa shape index (κ1) is 23.7. The molecular formula is C25H39N3O3. The van der Waals surface area contributed by atoms with Crippen molar-refractivity contribution in [3.63, 3.8) is 0 Å². The van der Waals surface area contributed by atoms with Gasteiger partial charge in [-0.15, -0.1) is 0 Å². The van der Waals surface area contributed by atoms with Crippen molar-refractivity contribution in [2.75, 3.05) is 0 Å². The zero-order chi connectivity index (χ0) is 23.0. The van der Waals surface area contributed by atoms with E-state index in [0.717, 1.165) is 25.7 Å². The minimum absolute atomic E-state index is 0.00541. The maximum absolute atomic E-state index is 12.8. The van der Waals surface area contributed by atoms with Crippen LogP contribution in [0.4, 0.5) is 0 Å². The average molecular weight is 430 g/mol. The Morgan fingerprint density at radius 2 is 1.81 bits per heavy atom. The van der Waals surface area contributed by atoms with Gasteiger partial charge in [0.1, 0.15) is 0 Å². The van der Waals surface area contributed by atoms with Crippen LogP contribution in [-0.2, 0) is 4.79 Å². The van der Waals surface area contributed by atoms with Gasteiger partial charge in [-0.3, -0.25) is 14.6 Å². The quantitative estimate of drug-likeness (QED) is 0.683. The Morgan fingerprint density at radius 3 is 2.42 bits per heavy atom. The molecule has 1 aromatic rings. The van der Waals surface area contributed by atoms with Crippen molar-refractivity contribution in [2.24, 2.45) is 29.1 Å². The van der Waals surface area contributed by atoms with Crippen molar-refractivity contribution in [2.45, 2.75) is 84.9 Å². The minimum Gasteiger partial charge on any atom is -0.392 e. The first-order chi connectivity index (χ1) is 14.4. The van der Waals surface area contributed by atoms with Crippen LogP contribution in [0.15, 0.2) is 24.5 Å². The number of hydrogen-bond donors (Lipinski definition) is 3. The van der Waals surface area contributed by atoms with Crippen LogP contribution in [0.5, 0.6) is 0 Å². The van der Waals surface area contributed by atoms with Gasteiger partial charge in [0, 0.05) is 35.5 Å². The number of hydrogen-bond acceptors (Lipinski definition) is 4. The molecule has 6 heteroatoms. The van der Waals surface area contributed by atoms with E-state index >= 15 is 0 Å². The van der Waals surface area contributed by atoms with Gasteiger partial charge in [-0.1, -0.05) is 20.8 Å². The maximum Gasteiger partial charge on any atom is 0.251 e. The van der Waals surface area contributed by atoms with Gasteiger partial charge in [0.25, 0.3) is 5.91 Å². The van der Waals surface area contributed by atoms with Crippen LogP contribution in [0.3, 0.4) is 0 Å². The van der Waals surface area contributed by atoms with Gasteiger partial charge in [-0.2, -0.15) is 0 Å². The van der Waals surface area contributed by atoms with Crippen LogP contribution in [0.2, 0.25) is 0 Å². The predicted molar refractivity (Wildman–Crippen MR) is 121 cm³/mol. The average Bonchev–Trinajstić information content (AvgIpc) is 2.69.